The maximum Gasteiger partial charge on any atom is 0.337 e. The van der Waals surface area contributed by atoms with Crippen molar-refractivity contribution in [3.05, 3.63) is 46.7 Å². The van der Waals surface area contributed by atoms with Crippen LogP contribution in [-0.4, -0.2) is 25.8 Å². The van der Waals surface area contributed by atoms with E-state index < -0.39 is 20.9 Å². The minimum atomic E-state index is -4.05. The van der Waals surface area contributed by atoms with Crippen LogP contribution < -0.4 is 0 Å². The highest BCUT2D eigenvalue weighted by Gasteiger charge is 2.24. The second kappa shape index (κ2) is 5.10. The molecule has 0 atom stereocenters. The van der Waals surface area contributed by atoms with Crippen LogP contribution >= 0.6 is 11.6 Å². The normalized spacial score (nSPS) is 11.2. The standard InChI is InChI=1S/C12H7ClO6S/c13-10-3-2-8(5-9(10)12(15)16)20(17,18)11-4-1-7(6-14)19-11/h1-6H,(H,15,16). The lowest BCUT2D eigenvalue weighted by molar-refractivity contribution is 0.0696. The Hall–Kier alpha value is -2.12. The summed E-state index contributed by atoms with van der Waals surface area (Å²) in [7, 11) is -4.05. The van der Waals surface area contributed by atoms with Crippen molar-refractivity contribution in [3.8, 4) is 0 Å². The van der Waals surface area contributed by atoms with Crippen molar-refractivity contribution in [3.63, 3.8) is 0 Å². The molecule has 104 valence electrons. The number of hydrogen-bond acceptors (Lipinski definition) is 5. The first kappa shape index (κ1) is 14.3. The molecule has 0 radical (unpaired) electrons. The van der Waals surface area contributed by atoms with Crippen molar-refractivity contribution in [1.82, 2.24) is 0 Å². The zero-order chi connectivity index (χ0) is 14.9. The Morgan fingerprint density at radius 1 is 1.25 bits per heavy atom. The van der Waals surface area contributed by atoms with Gasteiger partial charge in [0.1, 0.15) is 0 Å². The number of aromatic carboxylic acids is 1. The van der Waals surface area contributed by atoms with E-state index in [1.54, 1.807) is 0 Å². The molecule has 1 aromatic heterocycles. The fourth-order valence-corrected chi connectivity index (χ4v) is 2.90. The number of rotatable bonds is 4. The van der Waals surface area contributed by atoms with Crippen molar-refractivity contribution in [2.75, 3.05) is 0 Å². The molecule has 0 aliphatic rings. The van der Waals surface area contributed by atoms with Crippen molar-refractivity contribution < 1.29 is 27.5 Å². The van der Waals surface area contributed by atoms with Crippen LogP contribution in [0, 0.1) is 0 Å². The Labute approximate surface area is 118 Å². The van der Waals surface area contributed by atoms with Crippen LogP contribution in [0.4, 0.5) is 0 Å². The molecule has 2 aromatic rings. The van der Waals surface area contributed by atoms with E-state index in [2.05, 4.69) is 0 Å². The Kier molecular flexibility index (Phi) is 3.65. The van der Waals surface area contributed by atoms with Crippen LogP contribution in [0.25, 0.3) is 0 Å². The monoisotopic (exact) mass is 314 g/mol. The molecule has 8 heteroatoms. The molecule has 0 aliphatic carbocycles. The molecule has 1 heterocycles. The van der Waals surface area contributed by atoms with Gasteiger partial charge in [-0.2, -0.15) is 0 Å². The number of carboxylic acid groups (broad SMARTS) is 1. The number of carbonyl (C=O) groups is 2. The molecule has 0 saturated heterocycles. The molecular formula is C12H7ClO6S. The van der Waals surface area contributed by atoms with E-state index in [0.29, 0.717) is 6.29 Å². The third-order valence-corrected chi connectivity index (χ3v) is 4.41. The van der Waals surface area contributed by atoms with Gasteiger partial charge >= 0.3 is 5.97 Å². The van der Waals surface area contributed by atoms with Crippen LogP contribution in [0.5, 0.6) is 0 Å². The highest BCUT2D eigenvalue weighted by atomic mass is 35.5. The van der Waals surface area contributed by atoms with Crippen molar-refractivity contribution in [2.45, 2.75) is 9.99 Å². The number of halogens is 1. The molecule has 0 fully saturated rings. The van der Waals surface area contributed by atoms with Gasteiger partial charge in [0.25, 0.3) is 0 Å². The van der Waals surface area contributed by atoms with Crippen LogP contribution in [0.3, 0.4) is 0 Å². The van der Waals surface area contributed by atoms with Gasteiger partial charge in [0.05, 0.1) is 15.5 Å². The first-order valence-corrected chi connectivity index (χ1v) is 7.05. The second-order valence-electron chi connectivity index (χ2n) is 3.72. The van der Waals surface area contributed by atoms with Crippen molar-refractivity contribution >= 4 is 33.7 Å². The van der Waals surface area contributed by atoms with Crippen LogP contribution in [0.2, 0.25) is 5.02 Å². The highest BCUT2D eigenvalue weighted by Crippen LogP contribution is 2.26. The first-order valence-electron chi connectivity index (χ1n) is 5.19. The van der Waals surface area contributed by atoms with Crippen LogP contribution in [0.15, 0.2) is 44.7 Å². The second-order valence-corrected chi connectivity index (χ2v) is 6.01. The van der Waals surface area contributed by atoms with Crippen molar-refractivity contribution in [2.24, 2.45) is 0 Å². The summed E-state index contributed by atoms with van der Waals surface area (Å²) in [5, 5.41) is 8.39. The number of hydrogen-bond donors (Lipinski definition) is 1. The molecule has 0 saturated carbocycles. The average Bonchev–Trinajstić information content (AvgIpc) is 2.88. The Morgan fingerprint density at radius 3 is 2.50 bits per heavy atom. The molecular weight excluding hydrogens is 308 g/mol. The van der Waals surface area contributed by atoms with E-state index in [-0.39, 0.29) is 21.2 Å². The SMILES string of the molecule is O=Cc1ccc(S(=O)(=O)c2ccc(Cl)c(C(=O)O)c2)o1. The quantitative estimate of drug-likeness (QED) is 0.869. The zero-order valence-electron chi connectivity index (χ0n) is 9.74. The first-order chi connectivity index (χ1) is 9.36. The lowest BCUT2D eigenvalue weighted by atomic mass is 10.2. The van der Waals surface area contributed by atoms with Gasteiger partial charge in [-0.25, -0.2) is 13.2 Å². The number of carbonyl (C=O) groups excluding carboxylic acids is 1. The number of sulfone groups is 1. The molecule has 0 amide bonds. The van der Waals surface area contributed by atoms with E-state index in [1.165, 1.54) is 12.1 Å². The lowest BCUT2D eigenvalue weighted by Crippen LogP contribution is -2.04. The molecule has 1 N–H and O–H groups in total. The minimum Gasteiger partial charge on any atom is -0.478 e. The number of furan rings is 1. The molecule has 1 aromatic carbocycles. The van der Waals surface area contributed by atoms with E-state index in [1.807, 2.05) is 0 Å². The smallest absolute Gasteiger partial charge is 0.337 e. The summed E-state index contributed by atoms with van der Waals surface area (Å²) in [4.78, 5) is 21.1. The fourth-order valence-electron chi connectivity index (χ4n) is 1.49. The van der Waals surface area contributed by atoms with Crippen LogP contribution in [-0.2, 0) is 9.84 Å². The van der Waals surface area contributed by atoms with Gasteiger partial charge in [0, 0.05) is 0 Å². The summed E-state index contributed by atoms with van der Waals surface area (Å²) in [6.45, 7) is 0. The van der Waals surface area contributed by atoms with E-state index >= 15 is 0 Å². The largest absolute Gasteiger partial charge is 0.478 e. The van der Waals surface area contributed by atoms with E-state index in [0.717, 1.165) is 18.2 Å². The molecule has 2 rings (SSSR count). The molecule has 0 spiro atoms. The molecule has 20 heavy (non-hydrogen) atoms. The van der Waals surface area contributed by atoms with Gasteiger partial charge in [-0.1, -0.05) is 11.6 Å². The Morgan fingerprint density at radius 2 is 1.95 bits per heavy atom. The van der Waals surface area contributed by atoms with Crippen LogP contribution in [0.1, 0.15) is 20.9 Å². The van der Waals surface area contributed by atoms with Gasteiger partial charge in [0.15, 0.2) is 12.0 Å². The third-order valence-electron chi connectivity index (χ3n) is 2.46. The Bertz CT molecular complexity index is 790. The average molecular weight is 315 g/mol. The zero-order valence-corrected chi connectivity index (χ0v) is 11.3. The van der Waals surface area contributed by atoms with Crippen molar-refractivity contribution in [1.29, 1.82) is 0 Å². The van der Waals surface area contributed by atoms with E-state index in [9.17, 15) is 18.0 Å². The summed E-state index contributed by atoms with van der Waals surface area (Å²) < 4.78 is 29.3. The summed E-state index contributed by atoms with van der Waals surface area (Å²) in [6.07, 6.45) is 0.365. The topological polar surface area (TPSA) is 102 Å². The van der Waals surface area contributed by atoms with Gasteiger partial charge in [-0.15, -0.1) is 0 Å². The van der Waals surface area contributed by atoms with Gasteiger partial charge in [-0.3, -0.25) is 4.79 Å². The summed E-state index contributed by atoms with van der Waals surface area (Å²) in [5.74, 6) is -1.49. The number of carboxylic acids is 1. The summed E-state index contributed by atoms with van der Waals surface area (Å²) in [6, 6.07) is 5.58. The minimum absolute atomic E-state index is 0.0792. The third kappa shape index (κ3) is 2.45. The summed E-state index contributed by atoms with van der Waals surface area (Å²) >= 11 is 5.67. The predicted octanol–water partition coefficient (Wildman–Crippen LogP) is 2.28. The number of aldehydes is 1. The highest BCUT2D eigenvalue weighted by molar-refractivity contribution is 7.91. The molecule has 0 unspecified atom stereocenters. The maximum atomic E-state index is 12.2. The molecule has 0 bridgehead atoms. The van der Waals surface area contributed by atoms with E-state index in [4.69, 9.17) is 21.1 Å². The number of benzene rings is 1. The predicted molar refractivity (Wildman–Crippen MR) is 68.0 cm³/mol. The van der Waals surface area contributed by atoms with Gasteiger partial charge in [0.2, 0.25) is 14.9 Å². The van der Waals surface area contributed by atoms with Gasteiger partial charge in [-0.05, 0) is 30.3 Å². The van der Waals surface area contributed by atoms with Gasteiger partial charge < -0.3 is 9.52 Å². The Balaban J connectivity index is 2.57. The lowest BCUT2D eigenvalue weighted by Gasteiger charge is -2.04. The fraction of sp³-hybridized carbons (Fsp3) is 0. The molecule has 6 nitrogen and oxygen atoms in total. The maximum absolute atomic E-state index is 12.2. The summed E-state index contributed by atoms with van der Waals surface area (Å²) in [5.41, 5.74) is -0.338. The molecule has 0 aliphatic heterocycles.